The van der Waals surface area contributed by atoms with Gasteiger partial charge in [-0.2, -0.15) is 0 Å². The molecule has 5 amide bonds. The summed E-state index contributed by atoms with van der Waals surface area (Å²) in [6.07, 6.45) is -0.147. The third kappa shape index (κ3) is 11.6. The Kier molecular flexibility index (Phi) is 13.4. The summed E-state index contributed by atoms with van der Waals surface area (Å²) >= 11 is 0. The van der Waals surface area contributed by atoms with E-state index in [2.05, 4.69) is 16.0 Å². The summed E-state index contributed by atoms with van der Waals surface area (Å²) in [6, 6.07) is -4.89. The summed E-state index contributed by atoms with van der Waals surface area (Å²) in [5, 5.41) is 16.6. The Balaban J connectivity index is 5.55. The first-order chi connectivity index (χ1) is 15.7. The van der Waals surface area contributed by atoms with Crippen molar-refractivity contribution < 1.29 is 33.9 Å². The van der Waals surface area contributed by atoms with E-state index in [1.165, 1.54) is 0 Å². The Bertz CT molecular complexity index is 758. The number of amides is 5. The van der Waals surface area contributed by atoms with Crippen LogP contribution in [0.4, 0.5) is 0 Å². The molecule has 13 nitrogen and oxygen atoms in total. The Morgan fingerprint density at radius 1 is 0.824 bits per heavy atom. The SMILES string of the molecule is CCC(C)C(NC(=O)C(CC(N)=O)NC(=O)C(N)CCC(N)=O)C(=O)NC(CC(C)C)C(=O)O. The zero-order chi connectivity index (χ0) is 26.6. The molecule has 0 aromatic rings. The predicted octanol–water partition coefficient (Wildman–Crippen LogP) is -1.91. The molecule has 13 heteroatoms. The van der Waals surface area contributed by atoms with E-state index in [-0.39, 0.29) is 25.2 Å². The number of aliphatic carboxylic acids is 1. The molecule has 10 N–H and O–H groups in total. The molecule has 0 aromatic carbocycles. The van der Waals surface area contributed by atoms with Gasteiger partial charge in [-0.25, -0.2) is 4.79 Å². The number of carboxylic acids is 1. The molecule has 0 aliphatic rings. The maximum absolute atomic E-state index is 12.9. The van der Waals surface area contributed by atoms with Gasteiger partial charge in [-0.15, -0.1) is 0 Å². The summed E-state index contributed by atoms with van der Waals surface area (Å²) in [4.78, 5) is 72.0. The van der Waals surface area contributed by atoms with Gasteiger partial charge < -0.3 is 38.3 Å². The second-order valence-electron chi connectivity index (χ2n) is 8.74. The Morgan fingerprint density at radius 3 is 1.82 bits per heavy atom. The first-order valence-electron chi connectivity index (χ1n) is 11.2. The molecule has 5 atom stereocenters. The molecule has 0 fully saturated rings. The van der Waals surface area contributed by atoms with E-state index in [0.717, 1.165) is 0 Å². The molecule has 0 bridgehead atoms. The Morgan fingerprint density at radius 2 is 1.38 bits per heavy atom. The smallest absolute Gasteiger partial charge is 0.326 e. The van der Waals surface area contributed by atoms with Crippen LogP contribution in [0.1, 0.15) is 59.8 Å². The van der Waals surface area contributed by atoms with Crippen LogP contribution in [0, 0.1) is 11.8 Å². The van der Waals surface area contributed by atoms with Crippen molar-refractivity contribution in [1.82, 2.24) is 16.0 Å². The topological polar surface area (TPSA) is 237 Å². The Hall–Kier alpha value is -3.22. The highest BCUT2D eigenvalue weighted by atomic mass is 16.4. The summed E-state index contributed by atoms with van der Waals surface area (Å²) < 4.78 is 0. The van der Waals surface area contributed by atoms with Crippen LogP contribution in [-0.2, 0) is 28.8 Å². The van der Waals surface area contributed by atoms with Gasteiger partial charge in [-0.3, -0.25) is 24.0 Å². The van der Waals surface area contributed by atoms with Gasteiger partial charge in [0.25, 0.3) is 0 Å². The van der Waals surface area contributed by atoms with Crippen LogP contribution >= 0.6 is 0 Å². The lowest BCUT2D eigenvalue weighted by atomic mass is 9.96. The molecule has 0 spiro atoms. The molecule has 0 saturated carbocycles. The van der Waals surface area contributed by atoms with Gasteiger partial charge in [0.2, 0.25) is 29.5 Å². The first kappa shape index (κ1) is 30.8. The van der Waals surface area contributed by atoms with Crippen LogP contribution in [0.5, 0.6) is 0 Å². The normalized spacial score (nSPS) is 15.4. The number of carboxylic acid groups (broad SMARTS) is 1. The fraction of sp³-hybridized carbons (Fsp3) is 0.714. The van der Waals surface area contributed by atoms with Gasteiger partial charge in [0, 0.05) is 6.42 Å². The van der Waals surface area contributed by atoms with Crippen LogP contribution in [0.3, 0.4) is 0 Å². The van der Waals surface area contributed by atoms with Gasteiger partial charge in [-0.05, 0) is 24.7 Å². The van der Waals surface area contributed by atoms with E-state index in [9.17, 15) is 33.9 Å². The molecule has 0 heterocycles. The molecule has 5 unspecified atom stereocenters. The average Bonchev–Trinajstić information content (AvgIpc) is 2.72. The molecular formula is C21H38N6O7. The molecule has 0 rings (SSSR count). The van der Waals surface area contributed by atoms with Crippen LogP contribution in [-0.4, -0.2) is 64.8 Å². The van der Waals surface area contributed by atoms with Crippen LogP contribution in [0.2, 0.25) is 0 Å². The van der Waals surface area contributed by atoms with Crippen molar-refractivity contribution in [2.24, 2.45) is 29.0 Å². The minimum Gasteiger partial charge on any atom is -0.480 e. The maximum atomic E-state index is 12.9. The van der Waals surface area contributed by atoms with Crippen molar-refractivity contribution >= 4 is 35.5 Å². The second-order valence-corrected chi connectivity index (χ2v) is 8.74. The predicted molar refractivity (Wildman–Crippen MR) is 123 cm³/mol. The second kappa shape index (κ2) is 14.8. The van der Waals surface area contributed by atoms with Crippen molar-refractivity contribution in [1.29, 1.82) is 0 Å². The molecule has 194 valence electrons. The molecular weight excluding hydrogens is 448 g/mol. The quantitative estimate of drug-likeness (QED) is 0.129. The van der Waals surface area contributed by atoms with E-state index in [4.69, 9.17) is 17.2 Å². The van der Waals surface area contributed by atoms with E-state index in [1.807, 2.05) is 0 Å². The first-order valence-corrected chi connectivity index (χ1v) is 11.2. The monoisotopic (exact) mass is 486 g/mol. The average molecular weight is 487 g/mol. The lowest BCUT2D eigenvalue weighted by Crippen LogP contribution is -2.59. The van der Waals surface area contributed by atoms with Gasteiger partial charge in [0.1, 0.15) is 18.1 Å². The highest BCUT2D eigenvalue weighted by Crippen LogP contribution is 2.11. The van der Waals surface area contributed by atoms with Crippen LogP contribution in [0.25, 0.3) is 0 Å². The largest absolute Gasteiger partial charge is 0.480 e. The lowest BCUT2D eigenvalue weighted by molar-refractivity contribution is -0.143. The fourth-order valence-corrected chi connectivity index (χ4v) is 3.03. The molecule has 0 radical (unpaired) electrons. The van der Waals surface area contributed by atoms with Crippen molar-refractivity contribution in [2.45, 2.75) is 84.0 Å². The number of hydrogen-bond donors (Lipinski definition) is 7. The third-order valence-electron chi connectivity index (χ3n) is 5.19. The standard InChI is InChI=1S/C21H38N6O7/c1-5-11(4)17(20(32)26-14(21(33)34)8-10(2)3)27-19(31)13(9-16(24)29)25-18(30)12(22)6-7-15(23)28/h10-14,17H,5-9,22H2,1-4H3,(H2,23,28)(H2,24,29)(H,25,30)(H,26,32)(H,27,31)(H,33,34). The number of nitrogens with one attached hydrogen (secondary N) is 3. The van der Waals surface area contributed by atoms with E-state index in [1.54, 1.807) is 27.7 Å². The van der Waals surface area contributed by atoms with Crippen molar-refractivity contribution in [3.63, 3.8) is 0 Å². The van der Waals surface area contributed by atoms with Crippen molar-refractivity contribution in [3.8, 4) is 0 Å². The van der Waals surface area contributed by atoms with Gasteiger partial charge >= 0.3 is 5.97 Å². The molecule has 0 aliphatic carbocycles. The highest BCUT2D eigenvalue weighted by molar-refractivity contribution is 5.96. The summed E-state index contributed by atoms with van der Waals surface area (Å²) in [5.74, 6) is -5.56. The van der Waals surface area contributed by atoms with E-state index < -0.39 is 72.0 Å². The van der Waals surface area contributed by atoms with Gasteiger partial charge in [0.05, 0.1) is 12.5 Å². The van der Waals surface area contributed by atoms with Crippen molar-refractivity contribution in [2.75, 3.05) is 0 Å². The number of primary amides is 2. The van der Waals surface area contributed by atoms with Crippen molar-refractivity contribution in [3.05, 3.63) is 0 Å². The van der Waals surface area contributed by atoms with E-state index >= 15 is 0 Å². The molecule has 0 aliphatic heterocycles. The summed E-state index contributed by atoms with van der Waals surface area (Å²) in [6.45, 7) is 7.08. The third-order valence-corrected chi connectivity index (χ3v) is 5.19. The van der Waals surface area contributed by atoms with Gasteiger partial charge in [0.15, 0.2) is 0 Å². The van der Waals surface area contributed by atoms with Crippen LogP contribution < -0.4 is 33.2 Å². The van der Waals surface area contributed by atoms with Gasteiger partial charge in [-0.1, -0.05) is 34.1 Å². The fourth-order valence-electron chi connectivity index (χ4n) is 3.03. The minimum absolute atomic E-state index is 0.00743. The Labute approximate surface area is 198 Å². The number of nitrogens with two attached hydrogens (primary N) is 3. The summed E-state index contributed by atoms with van der Waals surface area (Å²) in [5.41, 5.74) is 15.9. The number of hydrogen-bond acceptors (Lipinski definition) is 7. The number of rotatable bonds is 16. The summed E-state index contributed by atoms with van der Waals surface area (Å²) in [7, 11) is 0. The van der Waals surface area contributed by atoms with Crippen LogP contribution in [0.15, 0.2) is 0 Å². The minimum atomic E-state index is -1.44. The molecule has 0 saturated heterocycles. The molecule has 34 heavy (non-hydrogen) atoms. The maximum Gasteiger partial charge on any atom is 0.326 e. The number of carbonyl (C=O) groups excluding carboxylic acids is 5. The zero-order valence-electron chi connectivity index (χ0n) is 20.1. The number of carbonyl (C=O) groups is 6. The zero-order valence-corrected chi connectivity index (χ0v) is 20.1. The highest BCUT2D eigenvalue weighted by Gasteiger charge is 2.33. The molecule has 0 aromatic heterocycles. The van der Waals surface area contributed by atoms with E-state index in [0.29, 0.717) is 6.42 Å². The lowest BCUT2D eigenvalue weighted by Gasteiger charge is -2.28.